The topological polar surface area (TPSA) is 170 Å². The smallest absolute Gasteiger partial charge is 0.493 e. The van der Waals surface area contributed by atoms with Crippen LogP contribution in [0.15, 0.2) is 183 Å². The summed E-state index contributed by atoms with van der Waals surface area (Å²) in [5.74, 6) is 18.5. The SMILES string of the molecule is C=CCOC(=O)OC1=C(c2c(C)cc(C#CC)cc2C)C(=O)C(Cc2ccccn2)C1.C=CCOC1=C(c2c(C)cc(C#CC)cc2C)C(=O)C(Cc2ccccn2)C1.CC#Cc1cc(C)c(C2=C(OC(=O)OCc3ccccc3)CC(Cc3ccccn3)C2=O)c(C)c1. The van der Waals surface area contributed by atoms with Gasteiger partial charge in [-0.2, -0.15) is 0 Å². The summed E-state index contributed by atoms with van der Waals surface area (Å²) in [5.41, 5.74) is 15.9. The highest BCUT2D eigenvalue weighted by Gasteiger charge is 2.40. The summed E-state index contributed by atoms with van der Waals surface area (Å²) in [6.45, 7) is 25.0. The van der Waals surface area contributed by atoms with Crippen molar-refractivity contribution in [3.8, 4) is 35.5 Å². The molecule has 13 heteroatoms. The van der Waals surface area contributed by atoms with E-state index in [2.05, 4.69) is 63.6 Å². The number of ether oxygens (including phenoxy) is 5. The maximum absolute atomic E-state index is 13.7. The third-order valence-corrected chi connectivity index (χ3v) is 16.0. The predicted octanol–water partition coefficient (Wildman–Crippen LogP) is 15.7. The van der Waals surface area contributed by atoms with Crippen molar-refractivity contribution in [1.29, 1.82) is 0 Å². The first-order valence-corrected chi connectivity index (χ1v) is 31.2. The second-order valence-electron chi connectivity index (χ2n) is 23.0. The van der Waals surface area contributed by atoms with Gasteiger partial charge >= 0.3 is 12.3 Å². The van der Waals surface area contributed by atoms with Crippen LogP contribution >= 0.6 is 0 Å². The van der Waals surface area contributed by atoms with Crippen LogP contribution in [-0.2, 0) is 63.9 Å². The monoisotopic (exact) mass is 1250 g/mol. The van der Waals surface area contributed by atoms with Gasteiger partial charge in [0.05, 0.1) is 16.7 Å². The molecule has 3 aliphatic carbocycles. The number of hydrogen-bond donors (Lipinski definition) is 0. The van der Waals surface area contributed by atoms with Crippen molar-refractivity contribution in [3.63, 3.8) is 0 Å². The van der Waals surface area contributed by atoms with Crippen molar-refractivity contribution >= 4 is 46.4 Å². The first-order chi connectivity index (χ1) is 45.4. The Morgan fingerprint density at radius 3 is 1.12 bits per heavy atom. The number of hydrogen-bond acceptors (Lipinski definition) is 13. The normalized spacial score (nSPS) is 15.4. The van der Waals surface area contributed by atoms with E-state index in [0.29, 0.717) is 73.4 Å². The molecular weight excluding hydrogens is 1170 g/mol. The molecule has 0 radical (unpaired) electrons. The molecule has 0 bridgehead atoms. The summed E-state index contributed by atoms with van der Waals surface area (Å²) in [7, 11) is 0. The zero-order chi connectivity index (χ0) is 67.3. The van der Waals surface area contributed by atoms with E-state index in [-0.39, 0.29) is 48.3 Å². The van der Waals surface area contributed by atoms with Gasteiger partial charge < -0.3 is 23.7 Å². The third-order valence-electron chi connectivity index (χ3n) is 16.0. The number of ketones is 3. The molecule has 0 fully saturated rings. The molecule has 0 amide bonds. The van der Waals surface area contributed by atoms with E-state index in [9.17, 15) is 24.0 Å². The lowest BCUT2D eigenvalue weighted by atomic mass is 9.89. The van der Waals surface area contributed by atoms with E-state index in [0.717, 1.165) is 95.2 Å². The number of allylic oxidation sites excluding steroid dienone is 6. The fourth-order valence-electron chi connectivity index (χ4n) is 12.2. The molecular formula is C81H77N3O10. The van der Waals surface area contributed by atoms with Gasteiger partial charge in [0.15, 0.2) is 17.3 Å². The predicted molar refractivity (Wildman–Crippen MR) is 366 cm³/mol. The maximum atomic E-state index is 13.7. The van der Waals surface area contributed by atoms with Gasteiger partial charge in [-0.25, -0.2) is 9.59 Å². The van der Waals surface area contributed by atoms with Crippen LogP contribution in [0, 0.1) is 94.8 Å². The lowest BCUT2D eigenvalue weighted by Gasteiger charge is -2.14. The number of Topliss-reactive ketones (excluding diaryl/α,β-unsaturated/α-hetero) is 3. The molecule has 0 aliphatic heterocycles. The Labute approximate surface area is 552 Å². The Hall–Kier alpha value is -10.9. The number of carbonyl (C=O) groups is 5. The molecule has 10 rings (SSSR count). The van der Waals surface area contributed by atoms with Crippen molar-refractivity contribution in [3.05, 3.63) is 272 Å². The molecule has 0 spiro atoms. The van der Waals surface area contributed by atoms with Gasteiger partial charge in [-0.1, -0.05) is 91.6 Å². The molecule has 94 heavy (non-hydrogen) atoms. The quantitative estimate of drug-likeness (QED) is 0.0452. The van der Waals surface area contributed by atoms with Crippen LogP contribution in [0.1, 0.15) is 129 Å². The van der Waals surface area contributed by atoms with Crippen molar-refractivity contribution < 1.29 is 47.7 Å². The molecule has 3 aromatic heterocycles. The number of benzene rings is 4. The standard InChI is InChI=1S/C30H27NO4.C26H25NO4.C25H25NO2/c1-4-10-23-15-20(2)27(21(3)16-23)28-26(35-30(33)34-19-22-11-6-5-7-12-22)18-24(29(28)32)17-25-13-8-9-14-31-25;1-5-9-19-13-17(3)23(18(4)14-19)24-22(31-26(29)30-12-6-2)16-20(25(24)28)15-21-10-7-8-11-27-21;1-5-9-19-13-17(3)23(18(4)14-19)24-22(28-12-6-2)16-20(25(24)27)15-21-10-7-8-11-26-21/h5-9,11-16,24H,17-19H2,1-3H3;6-8,10-11,13-14,20H,2,12,15-16H2,1,3-4H3;6-8,10-11,13-14,20H,2,12,15-16H2,1,3-4H3. The van der Waals surface area contributed by atoms with E-state index < -0.39 is 12.3 Å². The molecule has 3 unspecified atom stereocenters. The molecule has 4 aromatic carbocycles. The Morgan fingerprint density at radius 2 is 0.787 bits per heavy atom. The van der Waals surface area contributed by atoms with Crippen LogP contribution in [0.3, 0.4) is 0 Å². The van der Waals surface area contributed by atoms with Gasteiger partial charge in [-0.15, -0.1) is 17.8 Å². The average Bonchev–Trinajstić information content (AvgIpc) is 1.60. The van der Waals surface area contributed by atoms with Gasteiger partial charge in [0.2, 0.25) is 0 Å². The first-order valence-electron chi connectivity index (χ1n) is 31.2. The van der Waals surface area contributed by atoms with Gasteiger partial charge in [0, 0.05) is 109 Å². The fourth-order valence-corrected chi connectivity index (χ4v) is 12.2. The maximum Gasteiger partial charge on any atom is 0.513 e. The van der Waals surface area contributed by atoms with Gasteiger partial charge in [-0.3, -0.25) is 29.3 Å². The van der Waals surface area contributed by atoms with Crippen LogP contribution in [0.25, 0.3) is 16.7 Å². The number of carbonyl (C=O) groups excluding carboxylic acids is 5. The van der Waals surface area contributed by atoms with Crippen LogP contribution in [0.4, 0.5) is 9.59 Å². The number of nitrogens with zero attached hydrogens (tertiary/aromatic N) is 3. The highest BCUT2D eigenvalue weighted by Crippen LogP contribution is 2.43. The van der Waals surface area contributed by atoms with Gasteiger partial charge in [0.1, 0.15) is 37.1 Å². The summed E-state index contributed by atoms with van der Waals surface area (Å²) >= 11 is 0. The third kappa shape index (κ3) is 17.8. The molecule has 476 valence electrons. The van der Waals surface area contributed by atoms with Crippen molar-refractivity contribution in [2.75, 3.05) is 13.2 Å². The zero-order valence-corrected chi connectivity index (χ0v) is 54.9. The molecule has 0 saturated heterocycles. The van der Waals surface area contributed by atoms with Crippen LogP contribution in [0.5, 0.6) is 0 Å². The summed E-state index contributed by atoms with van der Waals surface area (Å²) in [6, 6.07) is 38.3. The lowest BCUT2D eigenvalue weighted by molar-refractivity contribution is -0.117. The van der Waals surface area contributed by atoms with Crippen LogP contribution < -0.4 is 0 Å². The van der Waals surface area contributed by atoms with Crippen LogP contribution in [0.2, 0.25) is 0 Å². The highest BCUT2D eigenvalue weighted by atomic mass is 16.7. The second kappa shape index (κ2) is 33.4. The Kier molecular flexibility index (Phi) is 24.5. The van der Waals surface area contributed by atoms with Crippen molar-refractivity contribution in [2.45, 2.75) is 107 Å². The highest BCUT2D eigenvalue weighted by molar-refractivity contribution is 6.27. The van der Waals surface area contributed by atoms with Crippen molar-refractivity contribution in [1.82, 2.24) is 15.0 Å². The van der Waals surface area contributed by atoms with E-state index in [1.165, 1.54) is 6.08 Å². The number of pyridine rings is 3. The van der Waals surface area contributed by atoms with Gasteiger partial charge in [0.25, 0.3) is 0 Å². The number of aromatic nitrogens is 3. The van der Waals surface area contributed by atoms with E-state index in [4.69, 9.17) is 23.7 Å². The molecule has 3 atom stereocenters. The number of rotatable bonds is 18. The lowest BCUT2D eigenvalue weighted by Crippen LogP contribution is -2.14. The second-order valence-corrected chi connectivity index (χ2v) is 23.0. The zero-order valence-electron chi connectivity index (χ0n) is 54.9. The average molecular weight is 1250 g/mol. The summed E-state index contributed by atoms with van der Waals surface area (Å²) in [4.78, 5) is 78.4. The van der Waals surface area contributed by atoms with Crippen molar-refractivity contribution in [2.24, 2.45) is 17.8 Å². The molecule has 13 nitrogen and oxygen atoms in total. The minimum absolute atomic E-state index is 0.0369. The van der Waals surface area contributed by atoms with Crippen LogP contribution in [-0.4, -0.2) is 57.8 Å². The molecule has 3 heterocycles. The minimum Gasteiger partial charge on any atom is -0.493 e. The number of aryl methyl sites for hydroxylation is 6. The molecule has 0 N–H and O–H groups in total. The van der Waals surface area contributed by atoms with E-state index >= 15 is 0 Å². The fraction of sp³-hybridized carbons (Fsp3) is 0.259. The Balaban J connectivity index is 0.000000182. The van der Waals surface area contributed by atoms with Gasteiger partial charge in [-0.05, 0) is 191 Å². The molecule has 0 saturated carbocycles. The van der Waals surface area contributed by atoms with E-state index in [1.807, 2.05) is 170 Å². The first kappa shape index (κ1) is 69.0. The summed E-state index contributed by atoms with van der Waals surface area (Å²) < 4.78 is 27.4. The summed E-state index contributed by atoms with van der Waals surface area (Å²) in [6.07, 6.45) is 9.43. The Morgan fingerprint density at radius 1 is 0.457 bits per heavy atom. The largest absolute Gasteiger partial charge is 0.513 e. The minimum atomic E-state index is -0.845. The molecule has 7 aromatic rings. The summed E-state index contributed by atoms with van der Waals surface area (Å²) in [5, 5.41) is 0. The Bertz CT molecular complexity index is 4230. The van der Waals surface area contributed by atoms with E-state index in [1.54, 1.807) is 38.5 Å². The molecule has 3 aliphatic rings.